The average Bonchev–Trinajstić information content (AvgIpc) is 3.36. The van der Waals surface area contributed by atoms with Crippen LogP contribution in [0.2, 0.25) is 0 Å². The summed E-state index contributed by atoms with van der Waals surface area (Å²) in [6, 6.07) is 33.3. The Balaban J connectivity index is 1.26. The molecule has 7 rings (SSSR count). The number of ether oxygens (including phenoxy) is 1. The summed E-state index contributed by atoms with van der Waals surface area (Å²) in [6.45, 7) is 0. The molecular formula is C36H27N3O5S. The van der Waals surface area contributed by atoms with Gasteiger partial charge in [-0.15, -0.1) is 11.8 Å². The molecule has 2 heterocycles. The SMILES string of the molecule is Cn1c2c(c(=O)n(C)c1=O)[C@@H](c1ccc(OC(=O)[C@@H](Sc3ccccc3)c3ccccc3)cc1)C1=C(N2)c2ccccc2C1=O. The number of aromatic nitrogens is 2. The Hall–Kier alpha value is -5.41. The number of nitrogens with one attached hydrogen (secondary N) is 1. The summed E-state index contributed by atoms with van der Waals surface area (Å²) in [7, 11) is 3.02. The van der Waals surface area contributed by atoms with Gasteiger partial charge in [-0.2, -0.15) is 0 Å². The van der Waals surface area contributed by atoms with Crippen LogP contribution in [0.1, 0.15) is 43.8 Å². The van der Waals surface area contributed by atoms with E-state index < -0.39 is 28.4 Å². The van der Waals surface area contributed by atoms with E-state index >= 15 is 0 Å². The van der Waals surface area contributed by atoms with Crippen LogP contribution < -0.4 is 21.3 Å². The molecule has 2 atom stereocenters. The van der Waals surface area contributed by atoms with Crippen molar-refractivity contribution in [1.82, 2.24) is 9.13 Å². The van der Waals surface area contributed by atoms with E-state index in [2.05, 4.69) is 5.32 Å². The Morgan fingerprint density at radius 2 is 1.40 bits per heavy atom. The van der Waals surface area contributed by atoms with E-state index in [9.17, 15) is 19.2 Å². The molecule has 45 heavy (non-hydrogen) atoms. The molecule has 9 heteroatoms. The quantitative estimate of drug-likeness (QED) is 0.149. The first kappa shape index (κ1) is 28.4. The predicted octanol–water partition coefficient (Wildman–Crippen LogP) is 5.69. The van der Waals surface area contributed by atoms with Crippen molar-refractivity contribution < 1.29 is 14.3 Å². The van der Waals surface area contributed by atoms with Gasteiger partial charge in [0.05, 0.1) is 11.3 Å². The lowest BCUT2D eigenvalue weighted by Crippen LogP contribution is -2.42. The smallest absolute Gasteiger partial charge is 0.332 e. The van der Waals surface area contributed by atoms with Gasteiger partial charge in [-0.3, -0.25) is 23.5 Å². The number of carbonyl (C=O) groups excluding carboxylic acids is 2. The number of anilines is 1. The summed E-state index contributed by atoms with van der Waals surface area (Å²) >= 11 is 1.41. The Morgan fingerprint density at radius 3 is 2.09 bits per heavy atom. The third kappa shape index (κ3) is 4.81. The first-order valence-corrected chi connectivity index (χ1v) is 15.2. The second-order valence-electron chi connectivity index (χ2n) is 10.9. The Kier molecular flexibility index (Phi) is 7.10. The molecule has 1 aromatic heterocycles. The van der Waals surface area contributed by atoms with E-state index in [1.54, 1.807) is 43.4 Å². The molecule has 8 nitrogen and oxygen atoms in total. The molecule has 1 aliphatic carbocycles. The largest absolute Gasteiger partial charge is 0.425 e. The Morgan fingerprint density at radius 1 is 0.778 bits per heavy atom. The van der Waals surface area contributed by atoms with Crippen molar-refractivity contribution in [3.8, 4) is 5.75 Å². The van der Waals surface area contributed by atoms with Gasteiger partial charge in [-0.05, 0) is 35.4 Å². The monoisotopic (exact) mass is 613 g/mol. The molecule has 1 aliphatic heterocycles. The molecule has 0 amide bonds. The molecule has 2 aliphatic rings. The lowest BCUT2D eigenvalue weighted by molar-refractivity contribution is -0.133. The van der Waals surface area contributed by atoms with Crippen LogP contribution in [0.15, 0.2) is 129 Å². The van der Waals surface area contributed by atoms with Crippen LogP contribution >= 0.6 is 11.8 Å². The summed E-state index contributed by atoms with van der Waals surface area (Å²) in [4.78, 5) is 54.8. The molecule has 222 valence electrons. The lowest BCUT2D eigenvalue weighted by atomic mass is 9.81. The molecule has 0 radical (unpaired) electrons. The van der Waals surface area contributed by atoms with E-state index in [1.165, 1.54) is 23.4 Å². The topological polar surface area (TPSA) is 99.4 Å². The van der Waals surface area contributed by atoms with Crippen molar-refractivity contribution in [2.24, 2.45) is 14.1 Å². The summed E-state index contributed by atoms with van der Waals surface area (Å²) in [5.41, 5.74) is 3.07. The number of Topliss-reactive ketones (excluding diaryl/α,β-unsaturated/α-hetero) is 1. The first-order valence-electron chi connectivity index (χ1n) is 14.4. The van der Waals surface area contributed by atoms with Crippen LogP contribution in [0, 0.1) is 0 Å². The summed E-state index contributed by atoms with van der Waals surface area (Å²) in [6.07, 6.45) is 0. The van der Waals surface area contributed by atoms with Crippen molar-refractivity contribution >= 4 is 35.0 Å². The predicted molar refractivity (Wildman–Crippen MR) is 174 cm³/mol. The molecule has 1 N–H and O–H groups in total. The zero-order valence-corrected chi connectivity index (χ0v) is 25.2. The second kappa shape index (κ2) is 11.3. The highest BCUT2D eigenvalue weighted by Crippen LogP contribution is 2.48. The number of hydrogen-bond donors (Lipinski definition) is 1. The lowest BCUT2D eigenvalue weighted by Gasteiger charge is -2.29. The van der Waals surface area contributed by atoms with E-state index in [0.717, 1.165) is 20.6 Å². The molecule has 4 aromatic carbocycles. The van der Waals surface area contributed by atoms with Crippen molar-refractivity contribution in [1.29, 1.82) is 0 Å². The fraction of sp³-hybridized carbons (Fsp3) is 0.111. The number of esters is 1. The van der Waals surface area contributed by atoms with Gasteiger partial charge in [0.1, 0.15) is 16.8 Å². The van der Waals surface area contributed by atoms with Gasteiger partial charge in [0.25, 0.3) is 5.56 Å². The molecule has 0 spiro atoms. The van der Waals surface area contributed by atoms with Crippen LogP contribution in [0.25, 0.3) is 5.70 Å². The number of fused-ring (bicyclic) bond motifs is 3. The minimum Gasteiger partial charge on any atom is -0.425 e. The maximum absolute atomic E-state index is 13.8. The van der Waals surface area contributed by atoms with Crippen LogP contribution in [-0.2, 0) is 18.9 Å². The standard InChI is InChI=1S/C36H27N3O5S/c1-38-33-29(34(41)39(2)36(38)43)27(28-30(37-33)25-15-9-10-16-26(25)31(28)40)21-17-19-23(20-18-21)44-35(42)32(22-11-5-3-6-12-22)45-24-13-7-4-8-14-24/h3-20,27,32,37H,1-2H3/t27-,32-/m0/s1. The number of rotatable bonds is 6. The Bertz CT molecular complexity index is 2130. The Labute approximate surface area is 262 Å². The van der Waals surface area contributed by atoms with Gasteiger partial charge < -0.3 is 10.1 Å². The normalized spacial score (nSPS) is 15.5. The highest BCUT2D eigenvalue weighted by molar-refractivity contribution is 8.00. The van der Waals surface area contributed by atoms with E-state index in [4.69, 9.17) is 4.74 Å². The summed E-state index contributed by atoms with van der Waals surface area (Å²) in [5, 5.41) is 2.64. The number of carbonyl (C=O) groups is 2. The van der Waals surface area contributed by atoms with Crippen LogP contribution in [0.4, 0.5) is 5.82 Å². The molecule has 5 aromatic rings. The van der Waals surface area contributed by atoms with Gasteiger partial charge in [0, 0.05) is 41.6 Å². The number of hydrogen-bond acceptors (Lipinski definition) is 7. The molecule has 0 bridgehead atoms. The number of allylic oxidation sites excluding steroid dienone is 1. The van der Waals surface area contributed by atoms with E-state index in [1.807, 2.05) is 72.8 Å². The second-order valence-corrected chi connectivity index (χ2v) is 12.1. The maximum Gasteiger partial charge on any atom is 0.332 e. The van der Waals surface area contributed by atoms with E-state index in [-0.39, 0.29) is 5.78 Å². The summed E-state index contributed by atoms with van der Waals surface area (Å²) in [5.74, 6) is -0.687. The van der Waals surface area contributed by atoms with E-state index in [0.29, 0.717) is 39.5 Å². The van der Waals surface area contributed by atoms with Crippen LogP contribution in [-0.4, -0.2) is 20.9 Å². The zero-order valence-electron chi connectivity index (χ0n) is 24.4. The van der Waals surface area contributed by atoms with Crippen molar-refractivity contribution in [3.05, 3.63) is 163 Å². The molecule has 0 unspecified atom stereocenters. The van der Waals surface area contributed by atoms with Crippen molar-refractivity contribution in [2.75, 3.05) is 5.32 Å². The van der Waals surface area contributed by atoms with Gasteiger partial charge in [-0.1, -0.05) is 84.9 Å². The average molecular weight is 614 g/mol. The minimum absolute atomic E-state index is 0.182. The molecule has 0 saturated heterocycles. The number of benzene rings is 4. The molecule has 0 fully saturated rings. The van der Waals surface area contributed by atoms with Gasteiger partial charge in [0.2, 0.25) is 0 Å². The van der Waals surface area contributed by atoms with Crippen LogP contribution in [0.5, 0.6) is 5.75 Å². The zero-order chi connectivity index (χ0) is 31.2. The maximum atomic E-state index is 13.8. The number of ketones is 1. The van der Waals surface area contributed by atoms with Crippen molar-refractivity contribution in [3.63, 3.8) is 0 Å². The first-order chi connectivity index (χ1) is 21.8. The number of thioether (sulfide) groups is 1. The van der Waals surface area contributed by atoms with Gasteiger partial charge in [-0.25, -0.2) is 4.79 Å². The molecule has 0 saturated carbocycles. The number of nitrogens with zero attached hydrogens (tertiary/aromatic N) is 2. The highest BCUT2D eigenvalue weighted by Gasteiger charge is 2.42. The molecular weight excluding hydrogens is 586 g/mol. The third-order valence-electron chi connectivity index (χ3n) is 8.22. The van der Waals surface area contributed by atoms with Gasteiger partial charge >= 0.3 is 11.7 Å². The van der Waals surface area contributed by atoms with Crippen LogP contribution in [0.3, 0.4) is 0 Å². The third-order valence-corrected chi connectivity index (χ3v) is 9.47. The minimum atomic E-state index is -0.753. The summed E-state index contributed by atoms with van der Waals surface area (Å²) < 4.78 is 8.33. The van der Waals surface area contributed by atoms with Gasteiger partial charge in [0.15, 0.2) is 5.78 Å². The highest BCUT2D eigenvalue weighted by atomic mass is 32.2. The fourth-order valence-electron chi connectivity index (χ4n) is 6.00. The van der Waals surface area contributed by atoms with Crippen molar-refractivity contribution in [2.45, 2.75) is 16.1 Å². The fourth-order valence-corrected chi connectivity index (χ4v) is 7.03.